The summed E-state index contributed by atoms with van der Waals surface area (Å²) in [4.78, 5) is 12.2. The topological polar surface area (TPSA) is 50.4 Å². The second-order valence-corrected chi connectivity index (χ2v) is 6.77. The van der Waals surface area contributed by atoms with E-state index in [1.165, 1.54) is 6.07 Å². The van der Waals surface area contributed by atoms with Gasteiger partial charge in [0.15, 0.2) is 6.61 Å². The fraction of sp³-hybridized carbons (Fsp3) is 0.588. The third-order valence-electron chi connectivity index (χ3n) is 4.65. The van der Waals surface area contributed by atoms with Crippen molar-refractivity contribution in [2.45, 2.75) is 50.4 Å². The molecule has 2 saturated heterocycles. The van der Waals surface area contributed by atoms with Crippen molar-refractivity contribution in [1.29, 1.82) is 0 Å². The molecule has 2 bridgehead atoms. The molecule has 2 heterocycles. The standard InChI is InChI=1S/C17H20F4N2O2.ClH/c18-11-1-4-14(15(8-11)25-9-17(19,20)21)23-16(24)7-10-5-12-2-3-13(6-10)22-12;/h1,4,8,10,12-13,22H,2-3,5-7,9H2,(H,23,24);1H. The zero-order valence-electron chi connectivity index (χ0n) is 13.9. The quantitative estimate of drug-likeness (QED) is 0.738. The van der Waals surface area contributed by atoms with E-state index in [1.54, 1.807) is 0 Å². The number of amides is 1. The summed E-state index contributed by atoms with van der Waals surface area (Å²) in [5, 5.41) is 6.04. The number of ether oxygens (including phenoxy) is 1. The van der Waals surface area contributed by atoms with Crippen LogP contribution < -0.4 is 15.4 Å². The number of halogens is 5. The number of benzene rings is 1. The van der Waals surface area contributed by atoms with Gasteiger partial charge in [0.2, 0.25) is 5.91 Å². The molecule has 0 aromatic heterocycles. The molecule has 2 fully saturated rings. The summed E-state index contributed by atoms with van der Waals surface area (Å²) in [6.45, 7) is -1.54. The fourth-order valence-corrected chi connectivity index (χ4v) is 3.68. The van der Waals surface area contributed by atoms with Crippen LogP contribution in [0.15, 0.2) is 18.2 Å². The Morgan fingerprint density at radius 2 is 1.88 bits per heavy atom. The minimum absolute atomic E-state index is 0. The molecule has 3 rings (SSSR count). The van der Waals surface area contributed by atoms with Crippen LogP contribution in [0.25, 0.3) is 0 Å². The lowest BCUT2D eigenvalue weighted by molar-refractivity contribution is -0.153. The third-order valence-corrected chi connectivity index (χ3v) is 4.65. The van der Waals surface area contributed by atoms with Crippen molar-refractivity contribution in [3.63, 3.8) is 0 Å². The Bertz CT molecular complexity index is 630. The minimum Gasteiger partial charge on any atom is -0.482 e. The summed E-state index contributed by atoms with van der Waals surface area (Å²) < 4.78 is 54.9. The molecule has 2 unspecified atom stereocenters. The first-order valence-electron chi connectivity index (χ1n) is 8.33. The van der Waals surface area contributed by atoms with E-state index < -0.39 is 18.6 Å². The van der Waals surface area contributed by atoms with Gasteiger partial charge in [0.1, 0.15) is 11.6 Å². The van der Waals surface area contributed by atoms with Gasteiger partial charge < -0.3 is 15.4 Å². The van der Waals surface area contributed by atoms with Crippen molar-refractivity contribution in [2.75, 3.05) is 11.9 Å². The normalized spacial score (nSPS) is 24.7. The smallest absolute Gasteiger partial charge is 0.422 e. The average Bonchev–Trinajstić information content (AvgIpc) is 2.85. The van der Waals surface area contributed by atoms with Crippen molar-refractivity contribution in [3.8, 4) is 5.75 Å². The molecule has 9 heteroatoms. The van der Waals surface area contributed by atoms with Crippen molar-refractivity contribution >= 4 is 24.0 Å². The molecular formula is C17H21ClF4N2O2. The van der Waals surface area contributed by atoms with Gasteiger partial charge in [-0.2, -0.15) is 13.2 Å². The van der Waals surface area contributed by atoms with Gasteiger partial charge in [0, 0.05) is 24.6 Å². The summed E-state index contributed by atoms with van der Waals surface area (Å²) in [6.07, 6.45) is -0.158. The zero-order valence-corrected chi connectivity index (χ0v) is 14.8. The van der Waals surface area contributed by atoms with E-state index in [0.29, 0.717) is 18.5 Å². The van der Waals surface area contributed by atoms with Crippen molar-refractivity contribution in [2.24, 2.45) is 5.92 Å². The highest BCUT2D eigenvalue weighted by atomic mass is 35.5. The highest BCUT2D eigenvalue weighted by Gasteiger charge is 2.34. The average molecular weight is 397 g/mol. The number of anilines is 1. The molecule has 2 aliphatic rings. The number of rotatable bonds is 5. The molecule has 2 aliphatic heterocycles. The number of hydrogen-bond acceptors (Lipinski definition) is 3. The van der Waals surface area contributed by atoms with Gasteiger partial charge in [0.05, 0.1) is 5.69 Å². The van der Waals surface area contributed by atoms with Crippen LogP contribution in [0.3, 0.4) is 0 Å². The van der Waals surface area contributed by atoms with E-state index in [-0.39, 0.29) is 35.7 Å². The predicted molar refractivity (Wildman–Crippen MR) is 91.1 cm³/mol. The maximum Gasteiger partial charge on any atom is 0.422 e. The second kappa shape index (κ2) is 8.43. The van der Waals surface area contributed by atoms with Crippen molar-refractivity contribution in [1.82, 2.24) is 5.32 Å². The number of carbonyl (C=O) groups excluding carboxylic acids is 1. The Balaban J connectivity index is 0.00000243. The molecule has 1 amide bonds. The van der Waals surface area contributed by atoms with Crippen LogP contribution in [-0.2, 0) is 4.79 Å². The Morgan fingerprint density at radius 3 is 2.50 bits per heavy atom. The van der Waals surface area contributed by atoms with E-state index in [2.05, 4.69) is 15.4 Å². The summed E-state index contributed by atoms with van der Waals surface area (Å²) in [5.41, 5.74) is 0.0487. The number of carbonyl (C=O) groups is 1. The molecule has 4 nitrogen and oxygen atoms in total. The Hall–Kier alpha value is -1.54. The van der Waals surface area contributed by atoms with E-state index in [0.717, 1.165) is 37.8 Å². The number of piperidine rings is 1. The minimum atomic E-state index is -4.54. The Kier molecular flexibility index (Phi) is 6.74. The van der Waals surface area contributed by atoms with Crippen molar-refractivity contribution < 1.29 is 27.1 Å². The molecule has 1 aromatic carbocycles. The van der Waals surface area contributed by atoms with Crippen LogP contribution in [0.5, 0.6) is 5.75 Å². The first kappa shape index (κ1) is 20.8. The summed E-state index contributed by atoms with van der Waals surface area (Å²) >= 11 is 0. The lowest BCUT2D eigenvalue weighted by Crippen LogP contribution is -2.39. The lowest BCUT2D eigenvalue weighted by atomic mass is 9.89. The Labute approximate surface area is 155 Å². The van der Waals surface area contributed by atoms with Crippen LogP contribution >= 0.6 is 12.4 Å². The molecule has 146 valence electrons. The molecule has 2 N–H and O–H groups in total. The van der Waals surface area contributed by atoms with Crippen molar-refractivity contribution in [3.05, 3.63) is 24.0 Å². The predicted octanol–water partition coefficient (Wildman–Crippen LogP) is 4.05. The molecular weight excluding hydrogens is 376 g/mol. The van der Waals surface area contributed by atoms with Gasteiger partial charge in [-0.05, 0) is 43.7 Å². The molecule has 0 spiro atoms. The van der Waals surface area contributed by atoms with Gasteiger partial charge in [0.25, 0.3) is 0 Å². The molecule has 0 aliphatic carbocycles. The summed E-state index contributed by atoms with van der Waals surface area (Å²) in [5.74, 6) is -1.10. The van der Waals surface area contributed by atoms with Crippen LogP contribution in [0, 0.1) is 11.7 Å². The maximum absolute atomic E-state index is 13.3. The number of alkyl halides is 3. The summed E-state index contributed by atoms with van der Waals surface area (Å²) in [6, 6.07) is 4.03. The molecule has 1 aromatic rings. The molecule has 0 radical (unpaired) electrons. The largest absolute Gasteiger partial charge is 0.482 e. The monoisotopic (exact) mass is 396 g/mol. The van der Waals surface area contributed by atoms with Crippen LogP contribution in [0.1, 0.15) is 32.1 Å². The van der Waals surface area contributed by atoms with E-state index in [9.17, 15) is 22.4 Å². The lowest BCUT2D eigenvalue weighted by Gasteiger charge is -2.28. The van der Waals surface area contributed by atoms with Crippen LogP contribution in [0.4, 0.5) is 23.2 Å². The molecule has 0 saturated carbocycles. The number of hydrogen-bond donors (Lipinski definition) is 2. The fourth-order valence-electron chi connectivity index (χ4n) is 3.68. The highest BCUT2D eigenvalue weighted by Crippen LogP contribution is 2.33. The van der Waals surface area contributed by atoms with E-state index >= 15 is 0 Å². The van der Waals surface area contributed by atoms with E-state index in [1.807, 2.05) is 0 Å². The third kappa shape index (κ3) is 5.74. The van der Waals surface area contributed by atoms with Crippen LogP contribution in [0.2, 0.25) is 0 Å². The highest BCUT2D eigenvalue weighted by molar-refractivity contribution is 5.92. The zero-order chi connectivity index (χ0) is 18.0. The van der Waals surface area contributed by atoms with Gasteiger partial charge in [-0.3, -0.25) is 4.79 Å². The van der Waals surface area contributed by atoms with Gasteiger partial charge in [-0.25, -0.2) is 4.39 Å². The first-order valence-corrected chi connectivity index (χ1v) is 8.33. The SMILES string of the molecule is Cl.O=C(CC1CC2CCC(C1)N2)Nc1ccc(F)cc1OCC(F)(F)F. The van der Waals surface area contributed by atoms with Crippen LogP contribution in [-0.4, -0.2) is 30.8 Å². The summed E-state index contributed by atoms with van der Waals surface area (Å²) in [7, 11) is 0. The first-order chi connectivity index (χ1) is 11.8. The van der Waals surface area contributed by atoms with Gasteiger partial charge in [-0.1, -0.05) is 0 Å². The molecule has 26 heavy (non-hydrogen) atoms. The van der Waals surface area contributed by atoms with Gasteiger partial charge in [-0.15, -0.1) is 12.4 Å². The maximum atomic E-state index is 13.3. The van der Waals surface area contributed by atoms with Gasteiger partial charge >= 0.3 is 6.18 Å². The molecule has 2 atom stereocenters. The van der Waals surface area contributed by atoms with E-state index in [4.69, 9.17) is 0 Å². The number of fused-ring (bicyclic) bond motifs is 2. The Morgan fingerprint density at radius 1 is 1.23 bits per heavy atom. The second-order valence-electron chi connectivity index (χ2n) is 6.77. The number of nitrogens with one attached hydrogen (secondary N) is 2.